The molecule has 0 N–H and O–H groups in total. The lowest BCUT2D eigenvalue weighted by Gasteiger charge is -2.07. The van der Waals surface area contributed by atoms with Crippen molar-refractivity contribution in [3.63, 3.8) is 0 Å². The summed E-state index contributed by atoms with van der Waals surface area (Å²) >= 11 is 1.92. The molecule has 122 valence electrons. The van der Waals surface area contributed by atoms with Gasteiger partial charge in [0.1, 0.15) is 5.75 Å². The molecule has 0 amide bonds. The standard InChI is InChI=1S/C17H15NO2S.2CH4/c18-9-13-1-3-14(4-2-13)15-5-7-16(8-6-15)20-12-19-10-17-11-21-17;;/h1-8,17H,10-12H2;2*1H4. The summed E-state index contributed by atoms with van der Waals surface area (Å²) in [6.07, 6.45) is 0. The Morgan fingerprint density at radius 1 is 1.00 bits per heavy atom. The van der Waals surface area contributed by atoms with E-state index < -0.39 is 0 Å². The van der Waals surface area contributed by atoms with Crippen LogP contribution in [0, 0.1) is 11.3 Å². The van der Waals surface area contributed by atoms with Crippen molar-refractivity contribution in [1.29, 1.82) is 5.26 Å². The van der Waals surface area contributed by atoms with E-state index in [0.29, 0.717) is 17.6 Å². The SMILES string of the molecule is C.C.N#Cc1ccc(-c2ccc(OCOCC3CS3)cc2)cc1. The van der Waals surface area contributed by atoms with Crippen LogP contribution in [0.3, 0.4) is 0 Å². The molecule has 1 unspecified atom stereocenters. The number of thioether (sulfide) groups is 1. The third kappa shape index (κ3) is 5.63. The predicted molar refractivity (Wildman–Crippen MR) is 97.7 cm³/mol. The van der Waals surface area contributed by atoms with Gasteiger partial charge >= 0.3 is 0 Å². The minimum Gasteiger partial charge on any atom is -0.468 e. The van der Waals surface area contributed by atoms with Crippen LogP contribution in [0.1, 0.15) is 20.4 Å². The zero-order valence-electron chi connectivity index (χ0n) is 11.5. The Hall–Kier alpha value is -1.96. The molecule has 1 aliphatic heterocycles. The van der Waals surface area contributed by atoms with E-state index in [2.05, 4.69) is 6.07 Å². The predicted octanol–water partition coefficient (Wildman–Crippen LogP) is 4.97. The molecule has 1 heterocycles. The van der Waals surface area contributed by atoms with Crippen molar-refractivity contribution in [3.05, 3.63) is 54.1 Å². The van der Waals surface area contributed by atoms with Gasteiger partial charge in [0.15, 0.2) is 6.79 Å². The zero-order chi connectivity index (χ0) is 14.5. The molecule has 0 saturated carbocycles. The first-order valence-electron chi connectivity index (χ1n) is 6.78. The van der Waals surface area contributed by atoms with Gasteiger partial charge in [-0.25, -0.2) is 0 Å². The first-order chi connectivity index (χ1) is 10.3. The second kappa shape index (κ2) is 9.24. The molecule has 1 fully saturated rings. The van der Waals surface area contributed by atoms with Crippen molar-refractivity contribution >= 4 is 11.8 Å². The molecule has 0 bridgehead atoms. The summed E-state index contributed by atoms with van der Waals surface area (Å²) in [5, 5.41) is 9.47. The molecule has 1 saturated heterocycles. The molecule has 0 radical (unpaired) electrons. The Labute approximate surface area is 143 Å². The fourth-order valence-corrected chi connectivity index (χ4v) is 2.36. The van der Waals surface area contributed by atoms with E-state index in [1.807, 2.05) is 60.3 Å². The van der Waals surface area contributed by atoms with Crippen LogP contribution in [-0.2, 0) is 4.74 Å². The molecule has 0 spiro atoms. The van der Waals surface area contributed by atoms with E-state index in [-0.39, 0.29) is 14.9 Å². The first-order valence-corrected chi connectivity index (χ1v) is 7.83. The number of ether oxygens (including phenoxy) is 2. The van der Waals surface area contributed by atoms with Crippen LogP contribution >= 0.6 is 11.8 Å². The first kappa shape index (κ1) is 19.1. The summed E-state index contributed by atoms with van der Waals surface area (Å²) in [6, 6.07) is 17.5. The van der Waals surface area contributed by atoms with Gasteiger partial charge in [-0.05, 0) is 35.4 Å². The maximum atomic E-state index is 8.80. The van der Waals surface area contributed by atoms with E-state index in [1.165, 1.54) is 5.75 Å². The Bertz CT molecular complexity index is 628. The fraction of sp³-hybridized carbons (Fsp3) is 0.316. The van der Waals surface area contributed by atoms with Crippen molar-refractivity contribution in [2.45, 2.75) is 20.1 Å². The van der Waals surface area contributed by atoms with Gasteiger partial charge in [-0.2, -0.15) is 17.0 Å². The Morgan fingerprint density at radius 2 is 1.57 bits per heavy atom. The minimum atomic E-state index is 0. The fourth-order valence-electron chi connectivity index (χ4n) is 1.93. The summed E-state index contributed by atoms with van der Waals surface area (Å²) < 4.78 is 11.0. The highest BCUT2D eigenvalue weighted by molar-refractivity contribution is 8.06. The highest BCUT2D eigenvalue weighted by Crippen LogP contribution is 2.29. The number of nitriles is 1. The van der Waals surface area contributed by atoms with Gasteiger partial charge in [-0.3, -0.25) is 0 Å². The third-order valence-corrected chi connectivity index (χ3v) is 4.16. The van der Waals surface area contributed by atoms with Crippen LogP contribution in [-0.4, -0.2) is 24.4 Å². The van der Waals surface area contributed by atoms with Gasteiger partial charge in [0.2, 0.25) is 0 Å². The van der Waals surface area contributed by atoms with Gasteiger partial charge in [0, 0.05) is 11.0 Å². The van der Waals surface area contributed by atoms with Crippen LogP contribution in [0.2, 0.25) is 0 Å². The topological polar surface area (TPSA) is 42.2 Å². The number of nitrogens with zero attached hydrogens (tertiary/aromatic N) is 1. The molecule has 1 atom stereocenters. The Kier molecular flexibility index (Phi) is 7.67. The van der Waals surface area contributed by atoms with Gasteiger partial charge in [0.25, 0.3) is 0 Å². The Morgan fingerprint density at radius 3 is 2.09 bits per heavy atom. The maximum absolute atomic E-state index is 8.80. The molecule has 3 nitrogen and oxygen atoms in total. The van der Waals surface area contributed by atoms with Gasteiger partial charge in [-0.15, -0.1) is 0 Å². The van der Waals surface area contributed by atoms with Gasteiger partial charge in [-0.1, -0.05) is 39.1 Å². The molecule has 0 aromatic heterocycles. The molecule has 2 aromatic carbocycles. The van der Waals surface area contributed by atoms with Crippen molar-refractivity contribution in [3.8, 4) is 22.9 Å². The van der Waals surface area contributed by atoms with Crippen LogP contribution in [0.15, 0.2) is 48.5 Å². The molecule has 23 heavy (non-hydrogen) atoms. The smallest absolute Gasteiger partial charge is 0.189 e. The lowest BCUT2D eigenvalue weighted by molar-refractivity contribution is 0.0195. The average Bonchev–Trinajstić information content (AvgIpc) is 3.37. The molecule has 1 aliphatic rings. The summed E-state index contributed by atoms with van der Waals surface area (Å²) in [7, 11) is 0. The van der Waals surface area contributed by atoms with Crippen molar-refractivity contribution in [2.75, 3.05) is 19.2 Å². The van der Waals surface area contributed by atoms with Crippen molar-refractivity contribution in [2.24, 2.45) is 0 Å². The summed E-state index contributed by atoms with van der Waals surface area (Å²) in [5.74, 6) is 2.01. The lowest BCUT2D eigenvalue weighted by Crippen LogP contribution is -2.07. The van der Waals surface area contributed by atoms with E-state index in [9.17, 15) is 0 Å². The van der Waals surface area contributed by atoms with Crippen LogP contribution in [0.25, 0.3) is 11.1 Å². The molecular formula is C19H23NO2S. The molecule has 4 heteroatoms. The zero-order valence-corrected chi connectivity index (χ0v) is 12.3. The molecule has 0 aliphatic carbocycles. The van der Waals surface area contributed by atoms with Crippen LogP contribution in [0.4, 0.5) is 0 Å². The quantitative estimate of drug-likeness (QED) is 0.426. The molecular weight excluding hydrogens is 306 g/mol. The van der Waals surface area contributed by atoms with Gasteiger partial charge < -0.3 is 9.47 Å². The largest absolute Gasteiger partial charge is 0.468 e. The summed E-state index contributed by atoms with van der Waals surface area (Å²) in [6.45, 7) is 1.07. The monoisotopic (exact) mass is 329 g/mol. The second-order valence-corrected chi connectivity index (χ2v) is 6.14. The number of benzene rings is 2. The van der Waals surface area contributed by atoms with Crippen LogP contribution in [0.5, 0.6) is 5.75 Å². The highest BCUT2D eigenvalue weighted by Gasteiger charge is 2.22. The van der Waals surface area contributed by atoms with E-state index in [4.69, 9.17) is 14.7 Å². The maximum Gasteiger partial charge on any atom is 0.189 e. The molecule has 3 rings (SSSR count). The summed E-state index contributed by atoms with van der Waals surface area (Å²) in [5.41, 5.74) is 2.86. The molecule has 2 aromatic rings. The second-order valence-electron chi connectivity index (χ2n) is 4.80. The van der Waals surface area contributed by atoms with E-state index in [0.717, 1.165) is 23.5 Å². The van der Waals surface area contributed by atoms with E-state index in [1.54, 1.807) is 0 Å². The summed E-state index contributed by atoms with van der Waals surface area (Å²) in [4.78, 5) is 0. The van der Waals surface area contributed by atoms with Crippen molar-refractivity contribution < 1.29 is 9.47 Å². The Balaban J connectivity index is 0.00000132. The third-order valence-electron chi connectivity index (χ3n) is 3.22. The minimum absolute atomic E-state index is 0. The van der Waals surface area contributed by atoms with Gasteiger partial charge in [0.05, 0.1) is 18.2 Å². The normalized spacial score (nSPS) is 14.8. The van der Waals surface area contributed by atoms with E-state index >= 15 is 0 Å². The number of hydrogen-bond acceptors (Lipinski definition) is 4. The lowest BCUT2D eigenvalue weighted by atomic mass is 10.0. The van der Waals surface area contributed by atoms with Crippen LogP contribution < -0.4 is 4.74 Å². The van der Waals surface area contributed by atoms with Crippen molar-refractivity contribution in [1.82, 2.24) is 0 Å². The highest BCUT2D eigenvalue weighted by atomic mass is 32.2. The number of rotatable bonds is 6. The average molecular weight is 329 g/mol. The number of hydrogen-bond donors (Lipinski definition) is 0.